The van der Waals surface area contributed by atoms with E-state index in [1.54, 1.807) is 19.1 Å². The van der Waals surface area contributed by atoms with Crippen molar-refractivity contribution in [2.24, 2.45) is 0 Å². The predicted molar refractivity (Wildman–Crippen MR) is 110 cm³/mol. The molecule has 0 fully saturated rings. The molecule has 0 saturated heterocycles. The summed E-state index contributed by atoms with van der Waals surface area (Å²) in [5, 5.41) is 14.3. The van der Waals surface area contributed by atoms with Crippen molar-refractivity contribution in [3.63, 3.8) is 0 Å². The van der Waals surface area contributed by atoms with Gasteiger partial charge in [0.05, 0.1) is 18.8 Å². The number of hydrogen-bond donors (Lipinski definition) is 2. The lowest BCUT2D eigenvalue weighted by molar-refractivity contribution is -0.150. The first kappa shape index (κ1) is 20.6. The van der Waals surface area contributed by atoms with Crippen molar-refractivity contribution in [2.75, 3.05) is 25.1 Å². The van der Waals surface area contributed by atoms with E-state index in [9.17, 15) is 9.90 Å². The summed E-state index contributed by atoms with van der Waals surface area (Å²) in [6, 6.07) is 13.5. The van der Waals surface area contributed by atoms with Crippen LogP contribution < -0.4 is 5.32 Å². The van der Waals surface area contributed by atoms with Gasteiger partial charge in [-0.05, 0) is 67.1 Å². The zero-order chi connectivity index (χ0) is 19.9. The zero-order valence-corrected chi connectivity index (χ0v) is 16.7. The fourth-order valence-electron chi connectivity index (χ4n) is 3.41. The van der Waals surface area contributed by atoms with Crippen LogP contribution in [0.5, 0.6) is 0 Å². The Morgan fingerprint density at radius 2 is 2.14 bits per heavy atom. The van der Waals surface area contributed by atoms with Gasteiger partial charge in [0.1, 0.15) is 6.61 Å². The highest BCUT2D eigenvalue weighted by Crippen LogP contribution is 2.27. The Kier molecular flexibility index (Phi) is 7.31. The number of rotatable bonds is 8. The van der Waals surface area contributed by atoms with E-state index in [1.165, 1.54) is 11.1 Å². The quantitative estimate of drug-likeness (QED) is 0.654. The summed E-state index contributed by atoms with van der Waals surface area (Å²) in [6.07, 6.45) is 1.96. The van der Waals surface area contributed by atoms with Gasteiger partial charge in [-0.1, -0.05) is 29.8 Å². The molecule has 0 saturated carbocycles. The summed E-state index contributed by atoms with van der Waals surface area (Å²) in [6.45, 7) is 2.54. The van der Waals surface area contributed by atoms with Crippen LogP contribution >= 0.6 is 11.6 Å². The highest BCUT2D eigenvalue weighted by molar-refractivity contribution is 6.30. The number of carbonyl (C=O) groups excluding carboxylic acids is 1. The van der Waals surface area contributed by atoms with Gasteiger partial charge in [0.15, 0.2) is 0 Å². The maximum atomic E-state index is 11.5. The van der Waals surface area contributed by atoms with Crippen molar-refractivity contribution in [1.29, 1.82) is 0 Å². The number of fused-ring (bicyclic) bond motifs is 1. The third-order valence-electron chi connectivity index (χ3n) is 4.86. The van der Waals surface area contributed by atoms with Crippen LogP contribution in [0.3, 0.4) is 0 Å². The van der Waals surface area contributed by atoms with E-state index < -0.39 is 6.10 Å². The van der Waals surface area contributed by atoms with Crippen LogP contribution in [0.15, 0.2) is 42.5 Å². The highest BCUT2D eigenvalue weighted by atomic mass is 35.5. The third-order valence-corrected chi connectivity index (χ3v) is 5.10. The van der Waals surface area contributed by atoms with Crippen LogP contribution in [-0.4, -0.2) is 36.9 Å². The average Bonchev–Trinajstić information content (AvgIpc) is 2.70. The Hall–Kier alpha value is -2.08. The number of nitrogens with one attached hydrogen (secondary N) is 1. The first-order valence-electron chi connectivity index (χ1n) is 9.61. The maximum absolute atomic E-state index is 11.5. The normalized spacial score (nSPS) is 16.9. The van der Waals surface area contributed by atoms with E-state index in [0.29, 0.717) is 18.2 Å². The van der Waals surface area contributed by atoms with Gasteiger partial charge in [0.2, 0.25) is 0 Å². The van der Waals surface area contributed by atoms with Gasteiger partial charge in [-0.2, -0.15) is 0 Å². The minimum Gasteiger partial charge on any atom is -0.464 e. The molecule has 3 rings (SSSR count). The number of hydrogen-bond acceptors (Lipinski definition) is 5. The molecule has 2 atom stereocenters. The summed E-state index contributed by atoms with van der Waals surface area (Å²) in [5.41, 5.74) is 4.25. The number of aliphatic hydroxyl groups is 1. The van der Waals surface area contributed by atoms with Crippen molar-refractivity contribution < 1.29 is 19.4 Å². The number of aryl methyl sites for hydroxylation is 1. The Morgan fingerprint density at radius 3 is 2.93 bits per heavy atom. The molecule has 5 nitrogen and oxygen atoms in total. The number of carbonyl (C=O) groups is 1. The first-order chi connectivity index (χ1) is 13.5. The van der Waals surface area contributed by atoms with Crippen molar-refractivity contribution in [3.05, 3.63) is 64.2 Å². The molecule has 2 aromatic rings. The minimum atomic E-state index is -0.643. The molecule has 1 unspecified atom stereocenters. The molecule has 0 bridgehead atoms. The van der Waals surface area contributed by atoms with Crippen molar-refractivity contribution >= 4 is 23.3 Å². The lowest BCUT2D eigenvalue weighted by Crippen LogP contribution is -2.26. The molecule has 0 heterocycles. The fraction of sp³-hybridized carbons (Fsp3) is 0.409. The first-order valence-corrected chi connectivity index (χ1v) is 9.99. The lowest BCUT2D eigenvalue weighted by Gasteiger charge is -2.25. The maximum Gasteiger partial charge on any atom is 0.332 e. The highest BCUT2D eigenvalue weighted by Gasteiger charge is 2.20. The summed E-state index contributed by atoms with van der Waals surface area (Å²) in [5.74, 6) is -0.321. The Labute approximate surface area is 170 Å². The van der Waals surface area contributed by atoms with Gasteiger partial charge in [0.25, 0.3) is 0 Å². The standard InChI is InChI=1S/C22H26ClNO4/c1-2-27-22(26)14-28-20-9-7-15-6-8-19(11-17(15)12-20)24-13-21(25)16-4-3-5-18(23)10-16/h3-6,8,10-11,20-21,24-25H,2,7,9,12-14H2,1H3/t20?,21-/m0/s1. The van der Waals surface area contributed by atoms with Crippen molar-refractivity contribution in [1.82, 2.24) is 0 Å². The smallest absolute Gasteiger partial charge is 0.332 e. The summed E-state index contributed by atoms with van der Waals surface area (Å²) < 4.78 is 10.6. The molecule has 0 amide bonds. The predicted octanol–water partition coefficient (Wildman–Crippen LogP) is 3.92. The average molecular weight is 404 g/mol. The Bertz CT molecular complexity index is 811. The molecule has 1 aliphatic rings. The van der Waals surface area contributed by atoms with Crippen LogP contribution in [-0.2, 0) is 27.1 Å². The van der Waals surface area contributed by atoms with Crippen LogP contribution in [0.4, 0.5) is 5.69 Å². The van der Waals surface area contributed by atoms with Crippen LogP contribution in [0, 0.1) is 0 Å². The van der Waals surface area contributed by atoms with Gasteiger partial charge in [-0.3, -0.25) is 0 Å². The monoisotopic (exact) mass is 403 g/mol. The Balaban J connectivity index is 1.56. The lowest BCUT2D eigenvalue weighted by atomic mass is 9.89. The van der Waals surface area contributed by atoms with Crippen LogP contribution in [0.2, 0.25) is 5.02 Å². The number of anilines is 1. The molecule has 0 radical (unpaired) electrons. The van der Waals surface area contributed by atoms with Gasteiger partial charge in [-0.25, -0.2) is 4.79 Å². The summed E-state index contributed by atoms with van der Waals surface area (Å²) >= 11 is 5.99. The van der Waals surface area contributed by atoms with E-state index in [-0.39, 0.29) is 18.7 Å². The Morgan fingerprint density at radius 1 is 1.29 bits per heavy atom. The second-order valence-corrected chi connectivity index (χ2v) is 7.35. The number of benzene rings is 2. The van der Waals surface area contributed by atoms with E-state index in [1.807, 2.05) is 18.2 Å². The van der Waals surface area contributed by atoms with E-state index in [0.717, 1.165) is 30.5 Å². The van der Waals surface area contributed by atoms with Crippen LogP contribution in [0.25, 0.3) is 0 Å². The molecule has 0 aliphatic heterocycles. The number of halogens is 1. The van der Waals surface area contributed by atoms with E-state index in [2.05, 4.69) is 17.4 Å². The van der Waals surface area contributed by atoms with Gasteiger partial charge < -0.3 is 19.9 Å². The van der Waals surface area contributed by atoms with E-state index in [4.69, 9.17) is 21.1 Å². The fourth-order valence-corrected chi connectivity index (χ4v) is 3.61. The van der Waals surface area contributed by atoms with Crippen molar-refractivity contribution in [2.45, 2.75) is 38.4 Å². The molecule has 6 heteroatoms. The third kappa shape index (κ3) is 5.71. The number of esters is 1. The molecular weight excluding hydrogens is 378 g/mol. The molecule has 28 heavy (non-hydrogen) atoms. The SMILES string of the molecule is CCOC(=O)COC1CCc2ccc(NC[C@H](O)c3cccc(Cl)c3)cc2C1. The van der Waals surface area contributed by atoms with Gasteiger partial charge >= 0.3 is 5.97 Å². The number of ether oxygens (including phenoxy) is 2. The molecule has 2 aromatic carbocycles. The summed E-state index contributed by atoms with van der Waals surface area (Å²) in [4.78, 5) is 11.5. The second-order valence-electron chi connectivity index (χ2n) is 6.92. The molecule has 0 aromatic heterocycles. The second kappa shape index (κ2) is 9.92. The molecular formula is C22H26ClNO4. The topological polar surface area (TPSA) is 67.8 Å². The van der Waals surface area contributed by atoms with Crippen molar-refractivity contribution in [3.8, 4) is 0 Å². The largest absolute Gasteiger partial charge is 0.464 e. The zero-order valence-electron chi connectivity index (χ0n) is 16.0. The van der Waals surface area contributed by atoms with Gasteiger partial charge in [0, 0.05) is 17.3 Å². The van der Waals surface area contributed by atoms with Crippen LogP contribution in [0.1, 0.15) is 36.1 Å². The van der Waals surface area contributed by atoms with E-state index >= 15 is 0 Å². The molecule has 2 N–H and O–H groups in total. The molecule has 1 aliphatic carbocycles. The number of aliphatic hydroxyl groups excluding tert-OH is 1. The summed E-state index contributed by atoms with van der Waals surface area (Å²) in [7, 11) is 0. The minimum absolute atomic E-state index is 0.00237. The van der Waals surface area contributed by atoms with Gasteiger partial charge in [-0.15, -0.1) is 0 Å². The molecule has 150 valence electrons. The molecule has 0 spiro atoms.